The van der Waals surface area contributed by atoms with Crippen molar-refractivity contribution in [1.82, 2.24) is 4.98 Å². The molecule has 0 saturated heterocycles. The summed E-state index contributed by atoms with van der Waals surface area (Å²) in [5.41, 5.74) is 3.18. The molecule has 0 unspecified atom stereocenters. The van der Waals surface area contributed by atoms with Crippen LogP contribution in [0.4, 0.5) is 5.69 Å². The number of pyridine rings is 1. The van der Waals surface area contributed by atoms with Crippen molar-refractivity contribution in [2.75, 3.05) is 5.32 Å². The van der Waals surface area contributed by atoms with E-state index in [1.54, 1.807) is 6.20 Å². The third-order valence-corrected chi connectivity index (χ3v) is 4.15. The molecule has 0 saturated carbocycles. The van der Waals surface area contributed by atoms with E-state index in [4.69, 9.17) is 16.3 Å². The summed E-state index contributed by atoms with van der Waals surface area (Å²) in [7, 11) is 0. The second-order valence-electron chi connectivity index (χ2n) is 5.83. The second-order valence-corrected chi connectivity index (χ2v) is 7.10. The van der Waals surface area contributed by atoms with Gasteiger partial charge in [0.2, 0.25) is 0 Å². The number of aromatic nitrogens is 1. The van der Waals surface area contributed by atoms with Gasteiger partial charge in [-0.1, -0.05) is 23.7 Å². The Labute approximate surface area is 137 Å². The first-order chi connectivity index (χ1) is 9.93. The number of halogens is 2. The maximum Gasteiger partial charge on any atom is 0.152 e. The molecule has 0 fully saturated rings. The molecule has 0 spiro atoms. The van der Waals surface area contributed by atoms with E-state index in [-0.39, 0.29) is 5.60 Å². The van der Waals surface area contributed by atoms with Gasteiger partial charge in [0.25, 0.3) is 0 Å². The van der Waals surface area contributed by atoms with Crippen LogP contribution in [-0.4, -0.2) is 10.6 Å². The summed E-state index contributed by atoms with van der Waals surface area (Å²) in [6.07, 6.45) is 2.62. The standard InChI is InChI=1S/C16H16BrClN2O/c1-16(2)7-11-5-10(3-4-14(11)21-16)8-19-13-6-12(17)9-20-15(13)18/h3-6,9,19H,7-8H2,1-2H3. The molecule has 1 aromatic carbocycles. The highest BCUT2D eigenvalue weighted by atomic mass is 79.9. The summed E-state index contributed by atoms with van der Waals surface area (Å²) in [4.78, 5) is 4.10. The van der Waals surface area contributed by atoms with Crippen molar-refractivity contribution in [3.8, 4) is 5.75 Å². The number of rotatable bonds is 3. The number of nitrogens with one attached hydrogen (secondary N) is 1. The van der Waals surface area contributed by atoms with E-state index >= 15 is 0 Å². The molecule has 0 radical (unpaired) electrons. The lowest BCUT2D eigenvalue weighted by atomic mass is 10.0. The summed E-state index contributed by atoms with van der Waals surface area (Å²) in [6, 6.07) is 8.24. The van der Waals surface area contributed by atoms with Gasteiger partial charge in [0.15, 0.2) is 5.15 Å². The van der Waals surface area contributed by atoms with Crippen LogP contribution in [0.1, 0.15) is 25.0 Å². The fourth-order valence-corrected chi connectivity index (χ4v) is 3.02. The van der Waals surface area contributed by atoms with Crippen LogP contribution in [-0.2, 0) is 13.0 Å². The minimum atomic E-state index is -0.105. The maximum absolute atomic E-state index is 6.08. The molecule has 1 aromatic heterocycles. The topological polar surface area (TPSA) is 34.2 Å². The maximum atomic E-state index is 6.08. The first-order valence-corrected chi connectivity index (χ1v) is 7.96. The summed E-state index contributed by atoms with van der Waals surface area (Å²) in [5.74, 6) is 0.992. The van der Waals surface area contributed by atoms with Crippen LogP contribution in [0.3, 0.4) is 0 Å². The molecule has 0 amide bonds. The molecule has 0 bridgehead atoms. The molecule has 2 heterocycles. The van der Waals surface area contributed by atoms with Crippen molar-refractivity contribution in [2.45, 2.75) is 32.4 Å². The van der Waals surface area contributed by atoms with Gasteiger partial charge in [0, 0.05) is 23.6 Å². The molecule has 0 aliphatic carbocycles. The Kier molecular flexibility index (Phi) is 3.84. The zero-order chi connectivity index (χ0) is 15.0. The van der Waals surface area contributed by atoms with Gasteiger partial charge in [-0.3, -0.25) is 0 Å². The van der Waals surface area contributed by atoms with Crippen LogP contribution < -0.4 is 10.1 Å². The number of hydrogen-bond acceptors (Lipinski definition) is 3. The van der Waals surface area contributed by atoms with Gasteiger partial charge < -0.3 is 10.1 Å². The summed E-state index contributed by atoms with van der Waals surface area (Å²) in [5, 5.41) is 3.79. The Hall–Kier alpha value is -1.26. The number of fused-ring (bicyclic) bond motifs is 1. The third kappa shape index (κ3) is 3.33. The van der Waals surface area contributed by atoms with E-state index in [1.165, 1.54) is 11.1 Å². The van der Waals surface area contributed by atoms with Gasteiger partial charge in [0.1, 0.15) is 11.4 Å². The van der Waals surface area contributed by atoms with Crippen LogP contribution >= 0.6 is 27.5 Å². The fourth-order valence-electron chi connectivity index (χ4n) is 2.52. The quantitative estimate of drug-likeness (QED) is 0.790. The average Bonchev–Trinajstić information content (AvgIpc) is 2.72. The van der Waals surface area contributed by atoms with Gasteiger partial charge in [-0.15, -0.1) is 0 Å². The smallest absolute Gasteiger partial charge is 0.152 e. The van der Waals surface area contributed by atoms with Crippen LogP contribution in [0.15, 0.2) is 34.9 Å². The molecular weight excluding hydrogens is 352 g/mol. The van der Waals surface area contributed by atoms with Crippen molar-refractivity contribution in [3.63, 3.8) is 0 Å². The molecule has 110 valence electrons. The van der Waals surface area contributed by atoms with Crippen LogP contribution in [0, 0.1) is 0 Å². The summed E-state index contributed by atoms with van der Waals surface area (Å²) >= 11 is 9.48. The molecule has 3 rings (SSSR count). The lowest BCUT2D eigenvalue weighted by Crippen LogP contribution is -2.24. The first-order valence-electron chi connectivity index (χ1n) is 6.79. The van der Waals surface area contributed by atoms with E-state index < -0.39 is 0 Å². The molecule has 0 atom stereocenters. The monoisotopic (exact) mass is 366 g/mol. The Bertz CT molecular complexity index is 688. The minimum Gasteiger partial charge on any atom is -0.487 e. The van der Waals surface area contributed by atoms with Gasteiger partial charge in [0.05, 0.1) is 5.69 Å². The third-order valence-electron chi connectivity index (χ3n) is 3.42. The molecular formula is C16H16BrClN2O. The van der Waals surface area contributed by atoms with Gasteiger partial charge >= 0.3 is 0 Å². The number of ether oxygens (including phenoxy) is 1. The zero-order valence-electron chi connectivity index (χ0n) is 11.9. The molecule has 1 aliphatic rings. The Morgan fingerprint density at radius 3 is 3.00 bits per heavy atom. The van der Waals surface area contributed by atoms with E-state index in [9.17, 15) is 0 Å². The number of anilines is 1. The SMILES string of the molecule is CC1(C)Cc2cc(CNc3cc(Br)cnc3Cl)ccc2O1. The number of hydrogen-bond donors (Lipinski definition) is 1. The Morgan fingerprint density at radius 1 is 1.38 bits per heavy atom. The predicted molar refractivity (Wildman–Crippen MR) is 89.1 cm³/mol. The van der Waals surface area contributed by atoms with Crippen molar-refractivity contribution < 1.29 is 4.74 Å². The fraction of sp³-hybridized carbons (Fsp3) is 0.312. The van der Waals surface area contributed by atoms with Crippen LogP contribution in [0.25, 0.3) is 0 Å². The Morgan fingerprint density at radius 2 is 2.19 bits per heavy atom. The Balaban J connectivity index is 1.74. The highest BCUT2D eigenvalue weighted by molar-refractivity contribution is 9.10. The van der Waals surface area contributed by atoms with E-state index in [0.29, 0.717) is 11.7 Å². The van der Waals surface area contributed by atoms with E-state index in [2.05, 4.69) is 52.2 Å². The number of nitrogens with zero attached hydrogens (tertiary/aromatic N) is 1. The lowest BCUT2D eigenvalue weighted by Gasteiger charge is -2.16. The highest BCUT2D eigenvalue weighted by Crippen LogP contribution is 2.35. The minimum absolute atomic E-state index is 0.105. The van der Waals surface area contributed by atoms with Crippen molar-refractivity contribution in [3.05, 3.63) is 51.2 Å². The first kappa shape index (κ1) is 14.7. The van der Waals surface area contributed by atoms with Gasteiger partial charge in [-0.25, -0.2) is 4.98 Å². The molecule has 1 aliphatic heterocycles. The van der Waals surface area contributed by atoms with E-state index in [0.717, 1.165) is 22.3 Å². The average molecular weight is 368 g/mol. The van der Waals surface area contributed by atoms with Crippen molar-refractivity contribution >= 4 is 33.2 Å². The lowest BCUT2D eigenvalue weighted by molar-refractivity contribution is 0.138. The van der Waals surface area contributed by atoms with Crippen molar-refractivity contribution in [2.24, 2.45) is 0 Å². The van der Waals surface area contributed by atoms with Crippen LogP contribution in [0.2, 0.25) is 5.15 Å². The van der Waals surface area contributed by atoms with Crippen molar-refractivity contribution in [1.29, 1.82) is 0 Å². The molecule has 21 heavy (non-hydrogen) atoms. The highest BCUT2D eigenvalue weighted by Gasteiger charge is 2.29. The van der Waals surface area contributed by atoms with E-state index in [1.807, 2.05) is 12.1 Å². The molecule has 3 nitrogen and oxygen atoms in total. The van der Waals surface area contributed by atoms with Crippen LogP contribution in [0.5, 0.6) is 5.75 Å². The summed E-state index contributed by atoms with van der Waals surface area (Å²) < 4.78 is 6.79. The normalized spacial score (nSPS) is 15.4. The second kappa shape index (κ2) is 5.50. The summed E-state index contributed by atoms with van der Waals surface area (Å²) in [6.45, 7) is 4.92. The zero-order valence-corrected chi connectivity index (χ0v) is 14.3. The predicted octanol–water partition coefficient (Wildman–Crippen LogP) is 4.82. The number of benzene rings is 1. The molecule has 2 aromatic rings. The van der Waals surface area contributed by atoms with Gasteiger partial charge in [-0.2, -0.15) is 0 Å². The molecule has 5 heteroatoms. The largest absolute Gasteiger partial charge is 0.487 e. The van der Waals surface area contributed by atoms with Gasteiger partial charge in [-0.05, 0) is 53.0 Å². The molecule has 1 N–H and O–H groups in total.